The Labute approximate surface area is 84.8 Å². The summed E-state index contributed by atoms with van der Waals surface area (Å²) in [5.41, 5.74) is 0.774. The molecule has 0 aliphatic carbocycles. The molecule has 0 aliphatic heterocycles. The first-order valence-electron chi connectivity index (χ1n) is 3.80. The number of carbonyl (C=O) groups excluding carboxylic acids is 2. The maximum absolute atomic E-state index is 11.1. The largest absolute Gasteiger partial charge is 0.464 e. The van der Waals surface area contributed by atoms with E-state index in [9.17, 15) is 9.59 Å². The van der Waals surface area contributed by atoms with Gasteiger partial charge in [-0.1, -0.05) is 0 Å². The Morgan fingerprint density at radius 1 is 1.57 bits per heavy atom. The standard InChI is InChI=1S/C8H9NO4S/c1-5(10)13-3-6-4-14-9-7(6)8(11)12-2/h4H,3H2,1-2H3. The topological polar surface area (TPSA) is 65.5 Å². The second kappa shape index (κ2) is 4.71. The first-order valence-corrected chi connectivity index (χ1v) is 4.63. The van der Waals surface area contributed by atoms with E-state index in [-0.39, 0.29) is 12.3 Å². The van der Waals surface area contributed by atoms with E-state index < -0.39 is 11.9 Å². The number of aromatic nitrogens is 1. The molecule has 1 aromatic heterocycles. The second-order valence-electron chi connectivity index (χ2n) is 2.46. The summed E-state index contributed by atoms with van der Waals surface area (Å²) in [4.78, 5) is 21.7. The van der Waals surface area contributed by atoms with E-state index >= 15 is 0 Å². The summed E-state index contributed by atoms with van der Waals surface area (Å²) in [6.45, 7) is 1.36. The van der Waals surface area contributed by atoms with Gasteiger partial charge in [0.05, 0.1) is 7.11 Å². The van der Waals surface area contributed by atoms with Gasteiger partial charge in [0.25, 0.3) is 0 Å². The number of methoxy groups -OCH3 is 1. The molecule has 0 unspecified atom stereocenters. The normalized spacial score (nSPS) is 9.57. The van der Waals surface area contributed by atoms with Crippen LogP contribution in [-0.2, 0) is 20.9 Å². The lowest BCUT2D eigenvalue weighted by atomic mass is 10.3. The number of hydrogen-bond acceptors (Lipinski definition) is 6. The lowest BCUT2D eigenvalue weighted by molar-refractivity contribution is -0.142. The molecule has 0 aliphatic rings. The van der Waals surface area contributed by atoms with Crippen LogP contribution in [0.5, 0.6) is 0 Å². The minimum absolute atomic E-state index is 0.0519. The lowest BCUT2D eigenvalue weighted by Crippen LogP contribution is -2.07. The van der Waals surface area contributed by atoms with Crippen LogP contribution in [0.15, 0.2) is 5.38 Å². The molecule has 1 aromatic rings. The maximum atomic E-state index is 11.1. The Kier molecular flexibility index (Phi) is 3.58. The quantitative estimate of drug-likeness (QED) is 0.703. The Hall–Kier alpha value is -1.43. The molecular formula is C8H9NO4S. The molecule has 0 bridgehead atoms. The van der Waals surface area contributed by atoms with Crippen LogP contribution in [0.1, 0.15) is 23.0 Å². The van der Waals surface area contributed by atoms with Gasteiger partial charge in [-0.3, -0.25) is 4.79 Å². The van der Waals surface area contributed by atoms with Gasteiger partial charge in [0.15, 0.2) is 5.69 Å². The van der Waals surface area contributed by atoms with Crippen LogP contribution >= 0.6 is 11.5 Å². The van der Waals surface area contributed by atoms with Crippen molar-refractivity contribution in [3.05, 3.63) is 16.6 Å². The number of ether oxygens (including phenoxy) is 2. The molecule has 1 heterocycles. The maximum Gasteiger partial charge on any atom is 0.358 e. The van der Waals surface area contributed by atoms with Crippen molar-refractivity contribution in [3.8, 4) is 0 Å². The first kappa shape index (κ1) is 10.6. The van der Waals surface area contributed by atoms with Crippen molar-refractivity contribution in [2.45, 2.75) is 13.5 Å². The van der Waals surface area contributed by atoms with Crippen molar-refractivity contribution >= 4 is 23.5 Å². The molecule has 1 rings (SSSR count). The third kappa shape index (κ3) is 2.53. The summed E-state index contributed by atoms with van der Waals surface area (Å²) < 4.78 is 13.1. The molecule has 6 heteroatoms. The molecule has 76 valence electrons. The molecule has 0 saturated carbocycles. The zero-order valence-electron chi connectivity index (χ0n) is 7.77. The van der Waals surface area contributed by atoms with Crippen LogP contribution < -0.4 is 0 Å². The van der Waals surface area contributed by atoms with Crippen molar-refractivity contribution in [2.24, 2.45) is 0 Å². The monoisotopic (exact) mass is 215 g/mol. The highest BCUT2D eigenvalue weighted by Gasteiger charge is 2.15. The molecule has 0 atom stereocenters. The number of esters is 2. The molecule has 0 saturated heterocycles. The average molecular weight is 215 g/mol. The fraction of sp³-hybridized carbons (Fsp3) is 0.375. The molecule has 0 radical (unpaired) electrons. The lowest BCUT2D eigenvalue weighted by Gasteiger charge is -2.00. The van der Waals surface area contributed by atoms with E-state index in [1.807, 2.05) is 0 Å². The fourth-order valence-corrected chi connectivity index (χ4v) is 1.46. The summed E-state index contributed by atoms with van der Waals surface area (Å²) >= 11 is 1.12. The second-order valence-corrected chi connectivity index (χ2v) is 3.09. The van der Waals surface area contributed by atoms with E-state index in [0.29, 0.717) is 5.56 Å². The van der Waals surface area contributed by atoms with Crippen LogP contribution in [-0.4, -0.2) is 23.4 Å². The van der Waals surface area contributed by atoms with E-state index in [2.05, 4.69) is 9.11 Å². The van der Waals surface area contributed by atoms with Crippen LogP contribution in [0.25, 0.3) is 0 Å². The molecule has 0 spiro atoms. The average Bonchev–Trinajstić information content (AvgIpc) is 2.61. The molecule has 0 aromatic carbocycles. The van der Waals surface area contributed by atoms with Crippen molar-refractivity contribution in [1.29, 1.82) is 0 Å². The highest BCUT2D eigenvalue weighted by atomic mass is 32.1. The summed E-state index contributed by atoms with van der Waals surface area (Å²) in [6, 6.07) is 0. The third-order valence-electron chi connectivity index (χ3n) is 1.45. The smallest absolute Gasteiger partial charge is 0.358 e. The van der Waals surface area contributed by atoms with Gasteiger partial charge in [0, 0.05) is 17.9 Å². The Balaban J connectivity index is 2.72. The minimum atomic E-state index is -0.520. The predicted molar refractivity (Wildman–Crippen MR) is 48.9 cm³/mol. The Morgan fingerprint density at radius 3 is 2.86 bits per heavy atom. The highest BCUT2D eigenvalue weighted by molar-refractivity contribution is 7.03. The summed E-state index contributed by atoms with van der Waals surface area (Å²) in [5.74, 6) is -0.916. The number of nitrogens with zero attached hydrogens (tertiary/aromatic N) is 1. The molecule has 5 nitrogen and oxygen atoms in total. The van der Waals surface area contributed by atoms with Gasteiger partial charge in [-0.15, -0.1) is 0 Å². The molecule has 0 fully saturated rings. The molecule has 0 amide bonds. The van der Waals surface area contributed by atoms with Gasteiger partial charge in [-0.25, -0.2) is 4.79 Å². The van der Waals surface area contributed by atoms with Crippen molar-refractivity contribution in [3.63, 3.8) is 0 Å². The highest BCUT2D eigenvalue weighted by Crippen LogP contribution is 2.12. The molecule has 0 N–H and O–H groups in total. The predicted octanol–water partition coefficient (Wildman–Crippen LogP) is 0.993. The van der Waals surface area contributed by atoms with Crippen LogP contribution in [0.2, 0.25) is 0 Å². The van der Waals surface area contributed by atoms with E-state index in [0.717, 1.165) is 11.5 Å². The van der Waals surface area contributed by atoms with Crippen LogP contribution in [0, 0.1) is 0 Å². The first-order chi connectivity index (χ1) is 6.65. The fourth-order valence-electron chi connectivity index (χ4n) is 0.804. The SMILES string of the molecule is COC(=O)c1nscc1COC(C)=O. The van der Waals surface area contributed by atoms with Crippen molar-refractivity contribution in [1.82, 2.24) is 4.37 Å². The summed E-state index contributed by atoms with van der Waals surface area (Å²) in [5, 5.41) is 1.65. The van der Waals surface area contributed by atoms with Gasteiger partial charge >= 0.3 is 11.9 Å². The Bertz CT molecular complexity index is 347. The number of hydrogen-bond donors (Lipinski definition) is 0. The Morgan fingerprint density at radius 2 is 2.29 bits per heavy atom. The number of carbonyl (C=O) groups is 2. The van der Waals surface area contributed by atoms with Crippen LogP contribution in [0.3, 0.4) is 0 Å². The zero-order valence-corrected chi connectivity index (χ0v) is 8.59. The van der Waals surface area contributed by atoms with Gasteiger partial charge in [-0.2, -0.15) is 4.37 Å². The molecular weight excluding hydrogens is 206 g/mol. The van der Waals surface area contributed by atoms with E-state index in [4.69, 9.17) is 4.74 Å². The number of rotatable bonds is 3. The van der Waals surface area contributed by atoms with Crippen LogP contribution in [0.4, 0.5) is 0 Å². The molecule has 14 heavy (non-hydrogen) atoms. The third-order valence-corrected chi connectivity index (χ3v) is 2.13. The van der Waals surface area contributed by atoms with Gasteiger partial charge in [-0.05, 0) is 11.5 Å². The van der Waals surface area contributed by atoms with Gasteiger partial charge in [0.2, 0.25) is 0 Å². The summed E-state index contributed by atoms with van der Waals surface area (Å²) in [6.07, 6.45) is 0. The van der Waals surface area contributed by atoms with Crippen molar-refractivity contribution < 1.29 is 19.1 Å². The van der Waals surface area contributed by atoms with E-state index in [1.54, 1.807) is 5.38 Å². The zero-order chi connectivity index (χ0) is 10.6. The van der Waals surface area contributed by atoms with Crippen molar-refractivity contribution in [2.75, 3.05) is 7.11 Å². The summed E-state index contributed by atoms with van der Waals surface area (Å²) in [7, 11) is 1.28. The van der Waals surface area contributed by atoms with E-state index in [1.165, 1.54) is 14.0 Å². The van der Waals surface area contributed by atoms with Gasteiger partial charge in [0.1, 0.15) is 6.61 Å². The minimum Gasteiger partial charge on any atom is -0.464 e. The van der Waals surface area contributed by atoms with Gasteiger partial charge < -0.3 is 9.47 Å².